The molecule has 23 heteroatoms. The van der Waals surface area contributed by atoms with Crippen molar-refractivity contribution in [3.8, 4) is 22.5 Å². The van der Waals surface area contributed by atoms with Crippen LogP contribution in [0.2, 0.25) is 0 Å². The van der Waals surface area contributed by atoms with Gasteiger partial charge < -0.3 is 19.7 Å². The number of hydrogen-bond acceptors (Lipinski definition) is 15. The Morgan fingerprint density at radius 2 is 1.39 bits per heavy atom. The molecule has 326 valence electrons. The van der Waals surface area contributed by atoms with Crippen LogP contribution in [0.15, 0.2) is 128 Å². The lowest BCUT2D eigenvalue weighted by Crippen LogP contribution is -2.28. The molecule has 1 aliphatic carbocycles. The van der Waals surface area contributed by atoms with Crippen molar-refractivity contribution in [2.45, 2.75) is 35.7 Å². The second-order valence-electron chi connectivity index (χ2n) is 12.9. The van der Waals surface area contributed by atoms with Crippen molar-refractivity contribution in [3.05, 3.63) is 131 Å². The molecule has 1 aliphatic heterocycles. The predicted octanol–water partition coefficient (Wildman–Crippen LogP) is 4.34. The summed E-state index contributed by atoms with van der Waals surface area (Å²) < 4.78 is 123. The lowest BCUT2D eigenvalue weighted by Gasteiger charge is -2.21. The molecule has 0 saturated carbocycles. The second-order valence-corrected chi connectivity index (χ2v) is 16.5. The minimum absolute atomic E-state index is 0.0711. The van der Waals surface area contributed by atoms with Crippen LogP contribution in [-0.4, -0.2) is 86.7 Å². The largest absolute Gasteiger partial charge is 0.481 e. The van der Waals surface area contributed by atoms with Gasteiger partial charge in [0.05, 0.1) is 21.7 Å². The van der Waals surface area contributed by atoms with E-state index in [0.29, 0.717) is 61.2 Å². The highest BCUT2D eigenvalue weighted by molar-refractivity contribution is 7.86. The Kier molecular flexibility index (Phi) is 16.5. The van der Waals surface area contributed by atoms with Crippen molar-refractivity contribution in [1.82, 2.24) is 4.90 Å². The van der Waals surface area contributed by atoms with Gasteiger partial charge in [0.15, 0.2) is 0 Å². The van der Waals surface area contributed by atoms with E-state index < -0.39 is 47.4 Å². The number of benzene rings is 5. The van der Waals surface area contributed by atoms with Crippen LogP contribution in [0.3, 0.4) is 0 Å². The molecule has 6 rings (SSSR count). The SMILES string of the molecule is CN(CCCC(=O)O)C(=O)c1ccccc1-c1c2ccc(=NCc3ccc(S(=O)(=O)O)cc3)cc-2oc2cc(NCc3ccccc3S(=O)(=O)O)ccc12.O=S(=O)=O.O=S(=O)=O. The smallest absolute Gasteiger partial charge is 0.425 e. The lowest BCUT2D eigenvalue weighted by atomic mass is 9.90. The molecule has 2 aliphatic rings. The average Bonchev–Trinajstić information content (AvgIpc) is 3.20. The van der Waals surface area contributed by atoms with Crippen molar-refractivity contribution < 1.29 is 70.3 Å². The van der Waals surface area contributed by atoms with E-state index in [2.05, 4.69) is 10.3 Å². The van der Waals surface area contributed by atoms with E-state index in [1.165, 1.54) is 29.2 Å². The summed E-state index contributed by atoms with van der Waals surface area (Å²) in [5.74, 6) is -0.799. The van der Waals surface area contributed by atoms with E-state index in [0.717, 1.165) is 0 Å². The van der Waals surface area contributed by atoms with Gasteiger partial charge >= 0.3 is 27.2 Å². The number of hydrogen-bond donors (Lipinski definition) is 4. The van der Waals surface area contributed by atoms with Crippen LogP contribution in [-0.2, 0) is 59.3 Å². The molecule has 0 aromatic heterocycles. The zero-order valence-corrected chi connectivity index (χ0v) is 35.4. The van der Waals surface area contributed by atoms with Gasteiger partial charge in [-0.05, 0) is 71.6 Å². The van der Waals surface area contributed by atoms with Crippen molar-refractivity contribution in [3.63, 3.8) is 0 Å². The Labute approximate surface area is 357 Å². The van der Waals surface area contributed by atoms with Crippen LogP contribution in [0.5, 0.6) is 0 Å². The number of fused-ring (bicyclic) bond motifs is 2. The summed E-state index contributed by atoms with van der Waals surface area (Å²) in [5, 5.41) is 13.5. The van der Waals surface area contributed by atoms with Crippen LogP contribution in [0.1, 0.15) is 34.3 Å². The van der Waals surface area contributed by atoms with E-state index in [1.807, 2.05) is 24.3 Å². The summed E-state index contributed by atoms with van der Waals surface area (Å²) >= 11 is 0. The number of rotatable bonds is 13. The molecule has 0 spiro atoms. The Bertz CT molecular complexity index is 3080. The number of carboxylic acid groups (broad SMARTS) is 1. The van der Waals surface area contributed by atoms with Crippen LogP contribution >= 0.6 is 0 Å². The number of carbonyl (C=O) groups excluding carboxylic acids is 1. The Hall–Kier alpha value is -6.63. The number of nitrogens with one attached hydrogen (secondary N) is 1. The molecule has 0 fully saturated rings. The van der Waals surface area contributed by atoms with E-state index in [-0.39, 0.29) is 48.2 Å². The van der Waals surface area contributed by atoms with Gasteiger partial charge in [0.25, 0.3) is 26.1 Å². The third-order valence-corrected chi connectivity index (χ3v) is 10.6. The normalized spacial score (nSPS) is 11.4. The van der Waals surface area contributed by atoms with Gasteiger partial charge in [0.2, 0.25) is 0 Å². The molecule has 0 atom stereocenters. The van der Waals surface area contributed by atoms with E-state index in [9.17, 15) is 35.5 Å². The van der Waals surface area contributed by atoms with Gasteiger partial charge in [0.1, 0.15) is 11.3 Å². The Balaban J connectivity index is 0.000000972. The number of anilines is 1. The summed E-state index contributed by atoms with van der Waals surface area (Å²) in [4.78, 5) is 30.6. The minimum Gasteiger partial charge on any atom is -0.481 e. The van der Waals surface area contributed by atoms with Crippen molar-refractivity contribution in [2.75, 3.05) is 18.9 Å². The molecule has 62 heavy (non-hydrogen) atoms. The van der Waals surface area contributed by atoms with Gasteiger partial charge in [-0.15, -0.1) is 25.3 Å². The van der Waals surface area contributed by atoms with Gasteiger partial charge in [-0.1, -0.05) is 48.5 Å². The first-order chi connectivity index (χ1) is 29.1. The van der Waals surface area contributed by atoms with E-state index in [4.69, 9.17) is 34.8 Å². The molecule has 4 N–H and O–H groups in total. The number of carboxylic acids is 1. The summed E-state index contributed by atoms with van der Waals surface area (Å²) in [6.45, 7) is 0.508. The highest BCUT2D eigenvalue weighted by Gasteiger charge is 2.23. The zero-order chi connectivity index (χ0) is 45.8. The van der Waals surface area contributed by atoms with Gasteiger partial charge in [0, 0.05) is 66.5 Å². The van der Waals surface area contributed by atoms with E-state index >= 15 is 0 Å². The lowest BCUT2D eigenvalue weighted by molar-refractivity contribution is -0.137. The van der Waals surface area contributed by atoms with Crippen LogP contribution in [0.25, 0.3) is 33.4 Å². The highest BCUT2D eigenvalue weighted by Crippen LogP contribution is 2.42. The molecule has 1 heterocycles. The summed E-state index contributed by atoms with van der Waals surface area (Å²) in [7, 11) is -13.4. The van der Waals surface area contributed by atoms with Crippen molar-refractivity contribution in [1.29, 1.82) is 0 Å². The Morgan fingerprint density at radius 3 is 2.02 bits per heavy atom. The van der Waals surface area contributed by atoms with Crippen molar-refractivity contribution >= 4 is 70.0 Å². The first kappa shape index (κ1) is 48.0. The fourth-order valence-corrected chi connectivity index (χ4v) is 7.29. The topological polar surface area (TPSA) is 306 Å². The molecule has 1 amide bonds. The third-order valence-electron chi connectivity index (χ3n) is 8.76. The minimum atomic E-state index is -4.45. The average molecular weight is 930 g/mol. The maximum Gasteiger partial charge on any atom is 0.425 e. The maximum atomic E-state index is 13.8. The summed E-state index contributed by atoms with van der Waals surface area (Å²) in [5.41, 5.74) is 4.46. The molecule has 4 aromatic rings. The fraction of sp³-hybridized carbons (Fsp3) is 0.154. The van der Waals surface area contributed by atoms with Gasteiger partial charge in [-0.2, -0.15) is 16.8 Å². The monoisotopic (exact) mass is 929 g/mol. The number of nitrogens with zero attached hydrogens (tertiary/aromatic N) is 2. The molecular weight excluding hydrogens is 895 g/mol. The number of aliphatic carboxylic acids is 1. The molecular formula is C39H35N3O16S4. The van der Waals surface area contributed by atoms with Gasteiger partial charge in [-0.3, -0.25) is 23.7 Å². The summed E-state index contributed by atoms with van der Waals surface area (Å²) in [6.07, 6.45) is 0.215. The first-order valence-electron chi connectivity index (χ1n) is 17.6. The fourth-order valence-electron chi connectivity index (χ4n) is 6.09. The van der Waals surface area contributed by atoms with Crippen molar-refractivity contribution in [2.24, 2.45) is 4.99 Å². The summed E-state index contributed by atoms with van der Waals surface area (Å²) in [6, 6.07) is 29.7. The maximum absolute atomic E-state index is 13.8. The zero-order valence-electron chi connectivity index (χ0n) is 32.1. The highest BCUT2D eigenvalue weighted by atomic mass is 32.2. The van der Waals surface area contributed by atoms with E-state index in [1.54, 1.807) is 67.7 Å². The second kappa shape index (κ2) is 21.2. The molecule has 0 bridgehead atoms. The molecule has 0 saturated heterocycles. The number of amides is 1. The van der Waals surface area contributed by atoms with Crippen LogP contribution in [0, 0.1) is 0 Å². The van der Waals surface area contributed by atoms with Gasteiger partial charge in [-0.25, -0.2) is 0 Å². The first-order valence-corrected chi connectivity index (χ1v) is 22.5. The predicted molar refractivity (Wildman–Crippen MR) is 221 cm³/mol. The Morgan fingerprint density at radius 1 is 0.758 bits per heavy atom. The molecule has 0 unspecified atom stereocenters. The standard InChI is InChI=1S/C39H35N3O10S2.2O3S/c1-42(20-6-11-37(43)44)39(45)31-9-4-3-8-30(31)38-32-18-14-27(40-23-25-12-16-29(17-13-25)53(46,47)48)21-34(32)52-35-22-28(15-19-33(35)38)41-24-26-7-2-5-10-36(26)54(49,50)51;2*1-4(2)3/h2-5,7-10,12-19,21-22,41H,6,11,20,23-24H2,1H3,(H,43,44)(H,46,47,48)(H,49,50,51);;. The third kappa shape index (κ3) is 13.7. The molecule has 4 aromatic carbocycles. The molecule has 0 radical (unpaired) electrons. The molecule has 19 nitrogen and oxygen atoms in total. The quantitative estimate of drug-likeness (QED) is 0.0925. The van der Waals surface area contributed by atoms with Crippen LogP contribution in [0.4, 0.5) is 5.69 Å². The van der Waals surface area contributed by atoms with Crippen LogP contribution < -0.4 is 10.7 Å². The number of carbonyl (C=O) groups is 2.